The zero-order valence-electron chi connectivity index (χ0n) is 12.2. The summed E-state index contributed by atoms with van der Waals surface area (Å²) in [6.07, 6.45) is 0.758. The van der Waals surface area contributed by atoms with Gasteiger partial charge >= 0.3 is 0 Å². The van der Waals surface area contributed by atoms with E-state index < -0.39 is 0 Å². The van der Waals surface area contributed by atoms with E-state index in [1.54, 1.807) is 0 Å². The molecule has 114 valence electrons. The first-order valence-corrected chi connectivity index (χ1v) is 6.83. The third-order valence-electron chi connectivity index (χ3n) is 2.49. The second-order valence-corrected chi connectivity index (χ2v) is 4.69. The number of anilines is 3. The topological polar surface area (TPSA) is 115 Å². The average Bonchev–Trinajstić information content (AvgIpc) is 2.41. The van der Waals surface area contributed by atoms with Gasteiger partial charge in [0.2, 0.25) is 17.8 Å². The van der Waals surface area contributed by atoms with Gasteiger partial charge in [0.05, 0.1) is 19.3 Å². The predicted octanol–water partition coefficient (Wildman–Crippen LogP) is 0.279. The van der Waals surface area contributed by atoms with E-state index in [2.05, 4.69) is 30.9 Å². The minimum atomic E-state index is -0.102. The standard InChI is InChI=1S/C12H24N6O2/c1-4-9(7-20)15-12-17-10(13-5-6-19)16-11(18-12)14-8(2)3/h8-9,19-20H,4-7H2,1-3H3,(H3,13,14,15,16,17,18)/t9-/m1/s1. The van der Waals surface area contributed by atoms with Crippen molar-refractivity contribution in [3.8, 4) is 0 Å². The lowest BCUT2D eigenvalue weighted by atomic mass is 10.2. The van der Waals surface area contributed by atoms with Crippen LogP contribution in [-0.2, 0) is 0 Å². The normalized spacial score (nSPS) is 12.3. The molecule has 0 aromatic carbocycles. The lowest BCUT2D eigenvalue weighted by Gasteiger charge is -2.16. The van der Waals surface area contributed by atoms with Crippen LogP contribution in [0, 0.1) is 0 Å². The van der Waals surface area contributed by atoms with E-state index in [0.29, 0.717) is 24.4 Å². The summed E-state index contributed by atoms with van der Waals surface area (Å²) in [5.41, 5.74) is 0. The van der Waals surface area contributed by atoms with Crippen LogP contribution in [0.2, 0.25) is 0 Å². The highest BCUT2D eigenvalue weighted by molar-refractivity contribution is 5.42. The van der Waals surface area contributed by atoms with E-state index in [0.717, 1.165) is 6.42 Å². The van der Waals surface area contributed by atoms with E-state index in [-0.39, 0.29) is 25.3 Å². The van der Waals surface area contributed by atoms with Crippen LogP contribution in [-0.4, -0.2) is 57.0 Å². The molecule has 20 heavy (non-hydrogen) atoms. The molecule has 0 bridgehead atoms. The molecule has 0 saturated heterocycles. The molecule has 8 heteroatoms. The first-order valence-electron chi connectivity index (χ1n) is 6.83. The van der Waals surface area contributed by atoms with E-state index in [9.17, 15) is 5.11 Å². The predicted molar refractivity (Wildman–Crippen MR) is 78.9 cm³/mol. The largest absolute Gasteiger partial charge is 0.395 e. The number of nitrogens with zero attached hydrogens (tertiary/aromatic N) is 3. The maximum Gasteiger partial charge on any atom is 0.229 e. The molecule has 0 unspecified atom stereocenters. The van der Waals surface area contributed by atoms with Gasteiger partial charge in [0, 0.05) is 12.6 Å². The van der Waals surface area contributed by atoms with Gasteiger partial charge in [-0.25, -0.2) is 0 Å². The Morgan fingerprint density at radius 3 is 2.10 bits per heavy atom. The Labute approximate surface area is 119 Å². The molecular formula is C12H24N6O2. The van der Waals surface area contributed by atoms with Crippen LogP contribution in [0.3, 0.4) is 0 Å². The monoisotopic (exact) mass is 284 g/mol. The van der Waals surface area contributed by atoms with E-state index in [1.165, 1.54) is 0 Å². The summed E-state index contributed by atoms with van der Waals surface area (Å²) in [5.74, 6) is 1.22. The van der Waals surface area contributed by atoms with Crippen LogP contribution in [0.25, 0.3) is 0 Å². The third-order valence-corrected chi connectivity index (χ3v) is 2.49. The summed E-state index contributed by atoms with van der Waals surface area (Å²) in [6, 6.07) is 0.0887. The minimum Gasteiger partial charge on any atom is -0.395 e. The summed E-state index contributed by atoms with van der Waals surface area (Å²) in [7, 11) is 0. The second-order valence-electron chi connectivity index (χ2n) is 4.69. The summed E-state index contributed by atoms with van der Waals surface area (Å²) < 4.78 is 0. The van der Waals surface area contributed by atoms with Crippen molar-refractivity contribution in [2.45, 2.75) is 39.3 Å². The van der Waals surface area contributed by atoms with Crippen molar-refractivity contribution < 1.29 is 10.2 Å². The van der Waals surface area contributed by atoms with Crippen molar-refractivity contribution in [1.29, 1.82) is 0 Å². The molecule has 1 rings (SSSR count). The van der Waals surface area contributed by atoms with Crippen LogP contribution < -0.4 is 16.0 Å². The molecule has 8 nitrogen and oxygen atoms in total. The molecule has 1 heterocycles. The van der Waals surface area contributed by atoms with Crippen molar-refractivity contribution in [2.24, 2.45) is 0 Å². The molecule has 0 amide bonds. The Morgan fingerprint density at radius 2 is 1.60 bits per heavy atom. The molecule has 1 aromatic rings. The van der Waals surface area contributed by atoms with Gasteiger partial charge in [-0.1, -0.05) is 6.92 Å². The van der Waals surface area contributed by atoms with Crippen LogP contribution >= 0.6 is 0 Å². The van der Waals surface area contributed by atoms with Crippen molar-refractivity contribution in [1.82, 2.24) is 15.0 Å². The number of aliphatic hydroxyl groups is 2. The maximum absolute atomic E-state index is 9.21. The highest BCUT2D eigenvalue weighted by Gasteiger charge is 2.10. The minimum absolute atomic E-state index is 0.00435. The number of nitrogens with one attached hydrogen (secondary N) is 3. The highest BCUT2D eigenvalue weighted by Crippen LogP contribution is 2.11. The summed E-state index contributed by atoms with van der Waals surface area (Å²) in [5, 5.41) is 27.1. The van der Waals surface area contributed by atoms with Crippen LogP contribution in [0.4, 0.5) is 17.8 Å². The van der Waals surface area contributed by atoms with Crippen molar-refractivity contribution in [3.05, 3.63) is 0 Å². The van der Waals surface area contributed by atoms with Gasteiger partial charge in [-0.2, -0.15) is 15.0 Å². The van der Waals surface area contributed by atoms with Crippen LogP contribution in [0.1, 0.15) is 27.2 Å². The number of aromatic nitrogens is 3. The maximum atomic E-state index is 9.21. The zero-order chi connectivity index (χ0) is 15.0. The van der Waals surface area contributed by atoms with Gasteiger partial charge in [-0.15, -0.1) is 0 Å². The van der Waals surface area contributed by atoms with E-state index in [1.807, 2.05) is 20.8 Å². The molecule has 1 aromatic heterocycles. The second kappa shape index (κ2) is 8.49. The molecular weight excluding hydrogens is 260 g/mol. The molecule has 0 spiro atoms. The molecule has 0 saturated carbocycles. The Bertz CT molecular complexity index is 398. The number of rotatable bonds is 9. The summed E-state index contributed by atoms with van der Waals surface area (Å²) >= 11 is 0. The van der Waals surface area contributed by atoms with Crippen LogP contribution in [0.5, 0.6) is 0 Å². The Kier molecular flexibility index (Phi) is 6.96. The van der Waals surface area contributed by atoms with Gasteiger partial charge in [0.15, 0.2) is 0 Å². The average molecular weight is 284 g/mol. The lowest BCUT2D eigenvalue weighted by molar-refractivity contribution is 0.271. The first-order chi connectivity index (χ1) is 9.58. The van der Waals surface area contributed by atoms with Gasteiger partial charge in [-0.3, -0.25) is 0 Å². The molecule has 0 radical (unpaired) electrons. The number of hydrogen-bond donors (Lipinski definition) is 5. The number of hydrogen-bond acceptors (Lipinski definition) is 8. The molecule has 1 atom stereocenters. The van der Waals surface area contributed by atoms with Gasteiger partial charge in [0.25, 0.3) is 0 Å². The fourth-order valence-corrected chi connectivity index (χ4v) is 1.47. The SMILES string of the molecule is CC[C@H](CO)Nc1nc(NCCO)nc(NC(C)C)n1. The van der Waals surface area contributed by atoms with Gasteiger partial charge in [-0.05, 0) is 20.3 Å². The molecule has 0 fully saturated rings. The van der Waals surface area contributed by atoms with Crippen LogP contribution in [0.15, 0.2) is 0 Å². The Morgan fingerprint density at radius 1 is 1.00 bits per heavy atom. The first kappa shape index (κ1) is 16.4. The number of aliphatic hydroxyl groups excluding tert-OH is 2. The lowest BCUT2D eigenvalue weighted by Crippen LogP contribution is -2.25. The Hall–Kier alpha value is -1.67. The molecule has 0 aliphatic carbocycles. The highest BCUT2D eigenvalue weighted by atomic mass is 16.3. The smallest absolute Gasteiger partial charge is 0.229 e. The fraction of sp³-hybridized carbons (Fsp3) is 0.750. The van der Waals surface area contributed by atoms with Crippen molar-refractivity contribution >= 4 is 17.8 Å². The third kappa shape index (κ3) is 5.54. The Balaban J connectivity index is 2.89. The molecule has 0 aliphatic rings. The quantitative estimate of drug-likeness (QED) is 0.439. The zero-order valence-corrected chi connectivity index (χ0v) is 12.2. The van der Waals surface area contributed by atoms with Crippen molar-refractivity contribution in [2.75, 3.05) is 35.7 Å². The van der Waals surface area contributed by atoms with Crippen molar-refractivity contribution in [3.63, 3.8) is 0 Å². The molecule has 5 N–H and O–H groups in total. The molecule has 0 aliphatic heterocycles. The summed E-state index contributed by atoms with van der Waals surface area (Å²) in [4.78, 5) is 12.7. The van der Waals surface area contributed by atoms with E-state index >= 15 is 0 Å². The summed E-state index contributed by atoms with van der Waals surface area (Å²) in [6.45, 7) is 6.31. The van der Waals surface area contributed by atoms with E-state index in [4.69, 9.17) is 5.11 Å². The van der Waals surface area contributed by atoms with Gasteiger partial charge in [0.1, 0.15) is 0 Å². The van der Waals surface area contributed by atoms with Gasteiger partial charge < -0.3 is 26.2 Å². The fourth-order valence-electron chi connectivity index (χ4n) is 1.47.